The molecule has 0 spiro atoms. The Morgan fingerprint density at radius 3 is 2.86 bits per heavy atom. The molecule has 0 heterocycles. The van der Waals surface area contributed by atoms with Crippen molar-refractivity contribution < 1.29 is 14.3 Å². The van der Waals surface area contributed by atoms with Crippen LogP contribution in [0.15, 0.2) is 30.4 Å². The second kappa shape index (κ2) is 4.41. The molecule has 0 saturated heterocycles. The molecule has 2 N–H and O–H groups in total. The Morgan fingerprint density at radius 1 is 1.57 bits per heavy atom. The summed E-state index contributed by atoms with van der Waals surface area (Å²) in [6, 6.07) is 3.65. The summed E-state index contributed by atoms with van der Waals surface area (Å²) in [5.41, 5.74) is 0.309. The zero-order valence-electron chi connectivity index (χ0n) is 7.62. The normalized spacial score (nSPS) is 10.4. The molecule has 1 rings (SSSR count). The Hall–Kier alpha value is -1.84. The van der Waals surface area contributed by atoms with E-state index in [4.69, 9.17) is 5.11 Å². The van der Waals surface area contributed by atoms with Gasteiger partial charge in [-0.25, -0.2) is 4.39 Å². The van der Waals surface area contributed by atoms with Crippen molar-refractivity contribution in [2.75, 3.05) is 5.32 Å². The highest BCUT2D eigenvalue weighted by atomic mass is 19.1. The molecule has 0 saturated carbocycles. The molecule has 4 heteroatoms. The van der Waals surface area contributed by atoms with E-state index in [0.29, 0.717) is 5.69 Å². The summed E-state index contributed by atoms with van der Waals surface area (Å²) in [7, 11) is 0. The molecule has 0 fully saturated rings. The quantitative estimate of drug-likeness (QED) is 0.560. The maximum absolute atomic E-state index is 12.8. The number of amides is 1. The van der Waals surface area contributed by atoms with Crippen molar-refractivity contribution in [3.63, 3.8) is 0 Å². The monoisotopic (exact) mass is 195 g/mol. The van der Waals surface area contributed by atoms with Crippen LogP contribution in [0.3, 0.4) is 0 Å². The third-order valence-corrected chi connectivity index (χ3v) is 1.53. The summed E-state index contributed by atoms with van der Waals surface area (Å²) in [6.45, 7) is 1.71. The molecular weight excluding hydrogens is 185 g/mol. The minimum absolute atomic E-state index is 0.309. The Bertz CT molecular complexity index is 374. The Kier molecular flexibility index (Phi) is 3.23. The van der Waals surface area contributed by atoms with Crippen LogP contribution < -0.4 is 5.32 Å². The zero-order chi connectivity index (χ0) is 10.6. The first-order valence-electron chi connectivity index (χ1n) is 4.05. The predicted molar refractivity (Wildman–Crippen MR) is 51.5 cm³/mol. The number of phenolic OH excluding ortho intramolecular Hbond substituents is 1. The van der Waals surface area contributed by atoms with E-state index in [2.05, 4.69) is 5.32 Å². The van der Waals surface area contributed by atoms with Crippen LogP contribution in [0.1, 0.15) is 6.92 Å². The number of nitrogens with one attached hydrogen (secondary N) is 1. The second-order valence-corrected chi connectivity index (χ2v) is 2.66. The number of halogens is 1. The maximum Gasteiger partial charge on any atom is 0.248 e. The third-order valence-electron chi connectivity index (χ3n) is 1.53. The lowest BCUT2D eigenvalue weighted by molar-refractivity contribution is -0.111. The van der Waals surface area contributed by atoms with Crippen molar-refractivity contribution in [1.29, 1.82) is 0 Å². The number of rotatable bonds is 2. The van der Waals surface area contributed by atoms with Crippen molar-refractivity contribution >= 4 is 11.6 Å². The number of benzene rings is 1. The van der Waals surface area contributed by atoms with Gasteiger partial charge in [0.2, 0.25) is 5.91 Å². The van der Waals surface area contributed by atoms with Gasteiger partial charge < -0.3 is 10.4 Å². The zero-order valence-corrected chi connectivity index (χ0v) is 7.62. The highest BCUT2D eigenvalue weighted by molar-refractivity contribution is 5.99. The molecule has 0 aromatic heterocycles. The Labute approximate surface area is 80.9 Å². The average molecular weight is 195 g/mol. The number of carbonyl (C=O) groups is 1. The van der Waals surface area contributed by atoms with Crippen LogP contribution in [0.2, 0.25) is 0 Å². The minimum Gasteiger partial charge on any atom is -0.505 e. The van der Waals surface area contributed by atoms with E-state index in [1.807, 2.05) is 0 Å². The fourth-order valence-electron chi connectivity index (χ4n) is 0.920. The average Bonchev–Trinajstić information content (AvgIpc) is 2.12. The summed E-state index contributed by atoms with van der Waals surface area (Å²) in [5, 5.41) is 11.3. The molecule has 1 amide bonds. The van der Waals surface area contributed by atoms with E-state index in [1.165, 1.54) is 18.2 Å². The highest BCUT2D eigenvalue weighted by Crippen LogP contribution is 2.19. The number of phenols is 1. The largest absolute Gasteiger partial charge is 0.505 e. The smallest absolute Gasteiger partial charge is 0.248 e. The Morgan fingerprint density at radius 2 is 2.29 bits per heavy atom. The van der Waals surface area contributed by atoms with Gasteiger partial charge in [0.1, 0.15) is 0 Å². The molecule has 74 valence electrons. The summed E-state index contributed by atoms with van der Waals surface area (Å²) >= 11 is 0. The lowest BCUT2D eigenvalue weighted by Crippen LogP contribution is -2.07. The fourth-order valence-corrected chi connectivity index (χ4v) is 0.920. The summed E-state index contributed by atoms with van der Waals surface area (Å²) in [4.78, 5) is 11.0. The summed E-state index contributed by atoms with van der Waals surface area (Å²) in [6.07, 6.45) is 2.90. The summed E-state index contributed by atoms with van der Waals surface area (Å²) in [5.74, 6) is -1.53. The van der Waals surface area contributed by atoms with Crippen molar-refractivity contribution in [2.45, 2.75) is 6.92 Å². The number of aromatic hydroxyl groups is 1. The van der Waals surface area contributed by atoms with Gasteiger partial charge in [-0.15, -0.1) is 0 Å². The molecule has 0 aliphatic rings. The van der Waals surface area contributed by atoms with Gasteiger partial charge in [-0.05, 0) is 25.1 Å². The molecule has 0 aliphatic heterocycles. The topological polar surface area (TPSA) is 49.3 Å². The summed E-state index contributed by atoms with van der Waals surface area (Å²) < 4.78 is 12.8. The SMILES string of the molecule is CC=CC(=O)Nc1ccc(O)c(F)c1. The second-order valence-electron chi connectivity index (χ2n) is 2.66. The Balaban J connectivity index is 2.78. The van der Waals surface area contributed by atoms with Gasteiger partial charge in [-0.3, -0.25) is 4.79 Å². The molecule has 1 aromatic rings. The first-order chi connectivity index (χ1) is 6.63. The van der Waals surface area contributed by atoms with Gasteiger partial charge in [0.25, 0.3) is 0 Å². The number of allylic oxidation sites excluding steroid dienone is 1. The molecule has 3 nitrogen and oxygen atoms in total. The molecule has 1 aromatic carbocycles. The first-order valence-corrected chi connectivity index (χ1v) is 4.05. The molecule has 14 heavy (non-hydrogen) atoms. The van der Waals surface area contributed by atoms with Gasteiger partial charge in [-0.1, -0.05) is 6.08 Å². The van der Waals surface area contributed by atoms with E-state index in [-0.39, 0.29) is 5.91 Å². The van der Waals surface area contributed by atoms with Crippen LogP contribution in [0.25, 0.3) is 0 Å². The van der Waals surface area contributed by atoms with Crippen LogP contribution in [0.5, 0.6) is 5.75 Å². The van der Waals surface area contributed by atoms with Crippen molar-refractivity contribution in [3.05, 3.63) is 36.2 Å². The number of carbonyl (C=O) groups excluding carboxylic acids is 1. The third kappa shape index (κ3) is 2.58. The van der Waals surface area contributed by atoms with Crippen LogP contribution in [-0.2, 0) is 4.79 Å². The van der Waals surface area contributed by atoms with Gasteiger partial charge in [0.15, 0.2) is 11.6 Å². The molecule has 0 radical (unpaired) electrons. The van der Waals surface area contributed by atoms with Crippen molar-refractivity contribution in [3.8, 4) is 5.75 Å². The first kappa shape index (κ1) is 10.2. The van der Waals surface area contributed by atoms with E-state index < -0.39 is 11.6 Å². The van der Waals surface area contributed by atoms with Gasteiger partial charge in [0.05, 0.1) is 0 Å². The molecular formula is C10H10FNO2. The minimum atomic E-state index is -0.761. The molecule has 0 atom stereocenters. The maximum atomic E-state index is 12.8. The highest BCUT2D eigenvalue weighted by Gasteiger charge is 2.02. The number of hydrogen-bond acceptors (Lipinski definition) is 2. The van der Waals surface area contributed by atoms with E-state index in [1.54, 1.807) is 13.0 Å². The van der Waals surface area contributed by atoms with Crippen LogP contribution in [0, 0.1) is 5.82 Å². The van der Waals surface area contributed by atoms with Crippen molar-refractivity contribution in [2.24, 2.45) is 0 Å². The number of anilines is 1. The van der Waals surface area contributed by atoms with Crippen LogP contribution in [-0.4, -0.2) is 11.0 Å². The van der Waals surface area contributed by atoms with E-state index >= 15 is 0 Å². The molecule has 0 aliphatic carbocycles. The van der Waals surface area contributed by atoms with Gasteiger partial charge in [-0.2, -0.15) is 0 Å². The van der Waals surface area contributed by atoms with Gasteiger partial charge >= 0.3 is 0 Å². The predicted octanol–water partition coefficient (Wildman–Crippen LogP) is 2.05. The van der Waals surface area contributed by atoms with E-state index in [9.17, 15) is 9.18 Å². The molecule has 0 bridgehead atoms. The lowest BCUT2D eigenvalue weighted by atomic mass is 10.3. The fraction of sp³-hybridized carbons (Fsp3) is 0.100. The van der Waals surface area contributed by atoms with Gasteiger partial charge in [0, 0.05) is 11.8 Å². The standard InChI is InChI=1S/C10H10FNO2/c1-2-3-10(14)12-7-4-5-9(13)8(11)6-7/h2-6,13H,1H3,(H,12,14). The van der Waals surface area contributed by atoms with E-state index in [0.717, 1.165) is 6.07 Å². The lowest BCUT2D eigenvalue weighted by Gasteiger charge is -2.02. The number of hydrogen-bond donors (Lipinski definition) is 2. The van der Waals surface area contributed by atoms with Crippen molar-refractivity contribution in [1.82, 2.24) is 0 Å². The van der Waals surface area contributed by atoms with Crippen LogP contribution >= 0.6 is 0 Å². The molecule has 0 unspecified atom stereocenters. The van der Waals surface area contributed by atoms with Crippen LogP contribution in [0.4, 0.5) is 10.1 Å².